The molecule has 0 atom stereocenters. The number of nitrogens with zero attached hydrogens (tertiary/aromatic N) is 1. The molecule has 0 aliphatic rings. The fourth-order valence-electron chi connectivity index (χ4n) is 1.62. The second-order valence-electron chi connectivity index (χ2n) is 5.16. The predicted molar refractivity (Wildman–Crippen MR) is 72.4 cm³/mol. The summed E-state index contributed by atoms with van der Waals surface area (Å²) in [4.78, 5) is 2.19. The third kappa shape index (κ3) is 3.68. The van der Waals surface area contributed by atoms with E-state index in [0.717, 1.165) is 18.5 Å². The van der Waals surface area contributed by atoms with Crippen molar-refractivity contribution < 1.29 is 9.13 Å². The molecule has 0 aliphatic carbocycles. The lowest BCUT2D eigenvalue weighted by molar-refractivity contribution is 0.166. The van der Waals surface area contributed by atoms with Gasteiger partial charge in [-0.15, -0.1) is 0 Å². The number of hydrogen-bond acceptors (Lipinski definition) is 3. The van der Waals surface area contributed by atoms with Crippen LogP contribution in [0.15, 0.2) is 18.2 Å². The summed E-state index contributed by atoms with van der Waals surface area (Å²) in [6.45, 7) is 5.64. The quantitative estimate of drug-likeness (QED) is 0.844. The first kappa shape index (κ1) is 14.9. The van der Waals surface area contributed by atoms with Gasteiger partial charge in [-0.05, 0) is 45.0 Å². The number of methoxy groups -OCH3 is 1. The van der Waals surface area contributed by atoms with Gasteiger partial charge in [-0.1, -0.05) is 6.07 Å². The fourth-order valence-corrected chi connectivity index (χ4v) is 1.62. The first-order chi connectivity index (χ1) is 8.40. The van der Waals surface area contributed by atoms with Gasteiger partial charge in [0, 0.05) is 18.6 Å². The lowest BCUT2D eigenvalue weighted by atomic mass is 10.0. The molecule has 0 radical (unpaired) electrons. The van der Waals surface area contributed by atoms with Gasteiger partial charge in [-0.2, -0.15) is 0 Å². The minimum atomic E-state index is -0.310. The van der Waals surface area contributed by atoms with E-state index >= 15 is 0 Å². The highest BCUT2D eigenvalue weighted by Crippen LogP contribution is 2.18. The molecule has 18 heavy (non-hydrogen) atoms. The van der Waals surface area contributed by atoms with Crippen molar-refractivity contribution in [3.05, 3.63) is 29.6 Å². The minimum Gasteiger partial charge on any atom is -0.494 e. The van der Waals surface area contributed by atoms with Crippen LogP contribution in [-0.2, 0) is 6.42 Å². The summed E-state index contributed by atoms with van der Waals surface area (Å²) in [6, 6.07) is 5.09. The zero-order valence-corrected chi connectivity index (χ0v) is 11.7. The van der Waals surface area contributed by atoms with E-state index in [1.807, 2.05) is 13.1 Å². The minimum absolute atomic E-state index is 0.0367. The zero-order valence-electron chi connectivity index (χ0n) is 11.7. The van der Waals surface area contributed by atoms with Gasteiger partial charge in [-0.25, -0.2) is 4.39 Å². The molecule has 0 aliphatic heterocycles. The molecule has 0 saturated carbocycles. The van der Waals surface area contributed by atoms with Crippen LogP contribution in [-0.4, -0.2) is 37.7 Å². The monoisotopic (exact) mass is 254 g/mol. The first-order valence-corrected chi connectivity index (χ1v) is 6.14. The maximum atomic E-state index is 13.5. The number of nitrogens with two attached hydrogens (primary N) is 1. The van der Waals surface area contributed by atoms with Crippen LogP contribution in [0, 0.1) is 5.82 Å². The van der Waals surface area contributed by atoms with Gasteiger partial charge in [0.25, 0.3) is 0 Å². The van der Waals surface area contributed by atoms with Gasteiger partial charge in [0.15, 0.2) is 11.6 Å². The van der Waals surface area contributed by atoms with E-state index < -0.39 is 0 Å². The van der Waals surface area contributed by atoms with Crippen molar-refractivity contribution in [1.82, 2.24) is 4.90 Å². The highest BCUT2D eigenvalue weighted by atomic mass is 19.1. The number of benzene rings is 1. The van der Waals surface area contributed by atoms with Crippen LogP contribution in [0.3, 0.4) is 0 Å². The molecule has 0 aromatic heterocycles. The maximum Gasteiger partial charge on any atom is 0.165 e. The average Bonchev–Trinajstić information content (AvgIpc) is 2.36. The SMILES string of the molecule is COc1ccc(CCN(C)C(C)(C)CN)cc1F. The van der Waals surface area contributed by atoms with Gasteiger partial charge in [0.05, 0.1) is 7.11 Å². The lowest BCUT2D eigenvalue weighted by Gasteiger charge is -2.34. The Morgan fingerprint density at radius 3 is 2.56 bits per heavy atom. The van der Waals surface area contributed by atoms with Crippen LogP contribution in [0.1, 0.15) is 19.4 Å². The molecule has 0 saturated heterocycles. The standard InChI is InChI=1S/C14H23FN2O/c1-14(2,10-16)17(3)8-7-11-5-6-13(18-4)12(15)9-11/h5-6,9H,7-8,10,16H2,1-4H3. The van der Waals surface area contributed by atoms with Crippen LogP contribution in [0.25, 0.3) is 0 Å². The smallest absolute Gasteiger partial charge is 0.165 e. The molecule has 0 spiro atoms. The Kier molecular flexibility index (Phi) is 5.11. The molecule has 0 bridgehead atoms. The van der Waals surface area contributed by atoms with E-state index in [9.17, 15) is 4.39 Å². The van der Waals surface area contributed by atoms with Gasteiger partial charge >= 0.3 is 0 Å². The van der Waals surface area contributed by atoms with Crippen molar-refractivity contribution >= 4 is 0 Å². The summed E-state index contributed by atoms with van der Waals surface area (Å²) < 4.78 is 18.4. The fraction of sp³-hybridized carbons (Fsp3) is 0.571. The lowest BCUT2D eigenvalue weighted by Crippen LogP contribution is -2.47. The van der Waals surface area contributed by atoms with Crippen LogP contribution in [0.2, 0.25) is 0 Å². The Morgan fingerprint density at radius 2 is 2.06 bits per heavy atom. The van der Waals surface area contributed by atoms with Crippen LogP contribution < -0.4 is 10.5 Å². The molecule has 1 aromatic rings. The van der Waals surface area contributed by atoms with Crippen LogP contribution >= 0.6 is 0 Å². The number of hydrogen-bond donors (Lipinski definition) is 1. The average molecular weight is 254 g/mol. The maximum absolute atomic E-state index is 13.5. The van der Waals surface area contributed by atoms with Crippen molar-refractivity contribution in [1.29, 1.82) is 0 Å². The van der Waals surface area contributed by atoms with Gasteiger partial charge in [0.2, 0.25) is 0 Å². The number of halogens is 1. The molecular weight excluding hydrogens is 231 g/mol. The Bertz CT molecular complexity index is 393. The third-order valence-electron chi connectivity index (χ3n) is 3.48. The van der Waals surface area contributed by atoms with Crippen LogP contribution in [0.5, 0.6) is 5.75 Å². The molecule has 3 nitrogen and oxygen atoms in total. The normalized spacial score (nSPS) is 11.9. The molecule has 2 N–H and O–H groups in total. The molecule has 4 heteroatoms. The number of ether oxygens (including phenoxy) is 1. The van der Waals surface area contributed by atoms with E-state index in [2.05, 4.69) is 18.7 Å². The summed E-state index contributed by atoms with van der Waals surface area (Å²) >= 11 is 0. The van der Waals surface area contributed by atoms with Crippen LogP contribution in [0.4, 0.5) is 4.39 Å². The van der Waals surface area contributed by atoms with Gasteiger partial charge < -0.3 is 10.5 Å². The summed E-state index contributed by atoms with van der Waals surface area (Å²) in [5, 5.41) is 0. The Hall–Kier alpha value is -1.13. The van der Waals surface area contributed by atoms with Crippen molar-refractivity contribution in [3.8, 4) is 5.75 Å². The Labute approximate surface area is 109 Å². The molecule has 0 heterocycles. The first-order valence-electron chi connectivity index (χ1n) is 6.14. The van der Waals surface area contributed by atoms with E-state index in [1.54, 1.807) is 6.07 Å². The Morgan fingerprint density at radius 1 is 1.39 bits per heavy atom. The predicted octanol–water partition coefficient (Wildman–Crippen LogP) is 2.05. The molecule has 0 fully saturated rings. The van der Waals surface area contributed by atoms with Gasteiger partial charge in [0.1, 0.15) is 0 Å². The summed E-state index contributed by atoms with van der Waals surface area (Å²) in [6.07, 6.45) is 0.793. The molecule has 0 amide bonds. The van der Waals surface area contributed by atoms with E-state index in [-0.39, 0.29) is 17.1 Å². The third-order valence-corrected chi connectivity index (χ3v) is 3.48. The Balaban J connectivity index is 2.61. The van der Waals surface area contributed by atoms with Crippen molar-refractivity contribution in [2.24, 2.45) is 5.73 Å². The van der Waals surface area contributed by atoms with Crippen molar-refractivity contribution in [3.63, 3.8) is 0 Å². The summed E-state index contributed by atoms with van der Waals surface area (Å²) in [5.74, 6) is -0.0230. The summed E-state index contributed by atoms with van der Waals surface area (Å²) in [5.41, 5.74) is 6.65. The largest absolute Gasteiger partial charge is 0.494 e. The molecular formula is C14H23FN2O. The topological polar surface area (TPSA) is 38.5 Å². The molecule has 102 valence electrons. The summed E-state index contributed by atoms with van der Waals surface area (Å²) in [7, 11) is 3.50. The van der Waals surface area contributed by atoms with E-state index in [4.69, 9.17) is 10.5 Å². The second kappa shape index (κ2) is 6.16. The van der Waals surface area contributed by atoms with Gasteiger partial charge in [-0.3, -0.25) is 4.90 Å². The molecule has 0 unspecified atom stereocenters. The van der Waals surface area contributed by atoms with E-state index in [0.29, 0.717) is 6.54 Å². The second-order valence-corrected chi connectivity index (χ2v) is 5.16. The zero-order chi connectivity index (χ0) is 13.8. The number of likely N-dealkylation sites (N-methyl/N-ethyl adjacent to an activating group) is 1. The molecule has 1 rings (SSSR count). The van der Waals surface area contributed by atoms with Crippen molar-refractivity contribution in [2.75, 3.05) is 27.2 Å². The highest BCUT2D eigenvalue weighted by Gasteiger charge is 2.20. The highest BCUT2D eigenvalue weighted by molar-refractivity contribution is 5.29. The van der Waals surface area contributed by atoms with E-state index in [1.165, 1.54) is 13.2 Å². The molecule has 1 aromatic carbocycles. The van der Waals surface area contributed by atoms with Crippen molar-refractivity contribution in [2.45, 2.75) is 25.8 Å². The number of rotatable bonds is 6.